The Bertz CT molecular complexity index is 1120. The van der Waals surface area contributed by atoms with E-state index >= 15 is 0 Å². The maximum absolute atomic E-state index is 12.9. The first kappa shape index (κ1) is 21.6. The summed E-state index contributed by atoms with van der Waals surface area (Å²) in [6.07, 6.45) is 3.59. The molecule has 0 saturated carbocycles. The molecule has 6 heteroatoms. The van der Waals surface area contributed by atoms with Crippen LogP contribution in [0.1, 0.15) is 46.1 Å². The molecule has 1 aliphatic heterocycles. The summed E-state index contributed by atoms with van der Waals surface area (Å²) in [6.45, 7) is 4.68. The number of rotatable bonds is 6. The fraction of sp³-hybridized carbons (Fsp3) is 0.269. The van der Waals surface area contributed by atoms with Gasteiger partial charge in [-0.15, -0.1) is 0 Å². The molecule has 2 amide bonds. The normalized spacial score (nSPS) is 15.6. The van der Waals surface area contributed by atoms with E-state index in [1.54, 1.807) is 24.4 Å². The van der Waals surface area contributed by atoms with E-state index in [0.29, 0.717) is 12.1 Å². The molecule has 2 N–H and O–H groups in total. The van der Waals surface area contributed by atoms with Crippen LogP contribution in [0, 0.1) is 13.8 Å². The van der Waals surface area contributed by atoms with Gasteiger partial charge in [0.05, 0.1) is 11.7 Å². The number of primary amides is 1. The van der Waals surface area contributed by atoms with Crippen molar-refractivity contribution in [3.63, 3.8) is 0 Å². The number of aryl methyl sites for hydroxylation is 2. The van der Waals surface area contributed by atoms with Crippen molar-refractivity contribution in [2.75, 3.05) is 13.2 Å². The second kappa shape index (κ2) is 9.22. The van der Waals surface area contributed by atoms with Gasteiger partial charge < -0.3 is 15.4 Å². The minimum Gasteiger partial charge on any atom is -0.483 e. The molecular weight excluding hydrogens is 402 g/mol. The van der Waals surface area contributed by atoms with Crippen molar-refractivity contribution in [3.8, 4) is 16.9 Å². The Kier molecular flexibility index (Phi) is 6.21. The largest absolute Gasteiger partial charge is 0.483 e. The summed E-state index contributed by atoms with van der Waals surface area (Å²) in [7, 11) is 0. The Morgan fingerprint density at radius 2 is 1.81 bits per heavy atom. The molecule has 2 heterocycles. The van der Waals surface area contributed by atoms with E-state index in [-0.39, 0.29) is 18.6 Å². The molecule has 164 valence electrons. The number of aromatic nitrogens is 1. The highest BCUT2D eigenvalue weighted by molar-refractivity contribution is 5.94. The lowest BCUT2D eigenvalue weighted by Crippen LogP contribution is -2.34. The van der Waals surface area contributed by atoms with Crippen LogP contribution in [0.15, 0.2) is 60.8 Å². The number of pyridine rings is 1. The van der Waals surface area contributed by atoms with E-state index in [0.717, 1.165) is 46.5 Å². The highest BCUT2D eigenvalue weighted by atomic mass is 16.5. The molecule has 4 rings (SSSR count). The lowest BCUT2D eigenvalue weighted by Gasteiger charge is -2.25. The molecule has 32 heavy (non-hydrogen) atoms. The maximum Gasteiger partial charge on any atom is 0.261 e. The van der Waals surface area contributed by atoms with Gasteiger partial charge in [0, 0.05) is 23.9 Å². The van der Waals surface area contributed by atoms with Crippen molar-refractivity contribution in [3.05, 3.63) is 83.2 Å². The lowest BCUT2D eigenvalue weighted by atomic mass is 10.0. The van der Waals surface area contributed by atoms with Crippen molar-refractivity contribution in [1.29, 1.82) is 0 Å². The van der Waals surface area contributed by atoms with Crippen molar-refractivity contribution in [1.82, 2.24) is 9.88 Å². The fourth-order valence-electron chi connectivity index (χ4n) is 4.24. The van der Waals surface area contributed by atoms with Gasteiger partial charge in [-0.05, 0) is 61.6 Å². The number of para-hydroxylation sites is 1. The predicted octanol–water partition coefficient (Wildman–Crippen LogP) is 4.21. The molecule has 0 aliphatic carbocycles. The number of amides is 2. The standard InChI is InChI=1S/C26H27N3O3/c1-17-6-3-7-18(2)25(17)32-16-24(30)29-13-5-10-23(29)22-12-11-21(15-28-22)19-8-4-9-20(14-19)26(27)31/h3-4,6-9,11-12,14-15,23H,5,10,13,16H2,1-2H3,(H2,27,31)/t23-/m1/s1. The number of nitrogens with zero attached hydrogens (tertiary/aromatic N) is 2. The van der Waals surface area contributed by atoms with Gasteiger partial charge in [-0.1, -0.05) is 36.4 Å². The van der Waals surface area contributed by atoms with Crippen molar-refractivity contribution in [2.24, 2.45) is 5.73 Å². The summed E-state index contributed by atoms with van der Waals surface area (Å²) >= 11 is 0. The highest BCUT2D eigenvalue weighted by Crippen LogP contribution is 2.32. The molecule has 0 unspecified atom stereocenters. The summed E-state index contributed by atoms with van der Waals surface area (Å²) < 4.78 is 5.88. The van der Waals surface area contributed by atoms with Gasteiger partial charge in [-0.25, -0.2) is 0 Å². The number of likely N-dealkylation sites (tertiary alicyclic amines) is 1. The molecule has 3 aromatic rings. The summed E-state index contributed by atoms with van der Waals surface area (Å²) in [4.78, 5) is 30.9. The van der Waals surface area contributed by atoms with Gasteiger partial charge in [0.1, 0.15) is 5.75 Å². The van der Waals surface area contributed by atoms with Crippen LogP contribution in [0.5, 0.6) is 5.75 Å². The van der Waals surface area contributed by atoms with E-state index in [1.807, 2.05) is 55.1 Å². The van der Waals surface area contributed by atoms with Gasteiger partial charge in [-0.2, -0.15) is 0 Å². The van der Waals surface area contributed by atoms with E-state index in [9.17, 15) is 9.59 Å². The number of hydrogen-bond donors (Lipinski definition) is 1. The smallest absolute Gasteiger partial charge is 0.261 e. The molecule has 1 aliphatic rings. The first-order valence-corrected chi connectivity index (χ1v) is 10.8. The summed E-state index contributed by atoms with van der Waals surface area (Å²) in [6, 6.07) is 17.0. The lowest BCUT2D eigenvalue weighted by molar-refractivity contribution is -0.134. The maximum atomic E-state index is 12.9. The average molecular weight is 430 g/mol. The minimum absolute atomic E-state index is 0.0141. The number of nitrogens with two attached hydrogens (primary N) is 1. The Labute approximate surface area is 188 Å². The number of carbonyl (C=O) groups is 2. The molecule has 6 nitrogen and oxygen atoms in total. The third-order valence-corrected chi connectivity index (χ3v) is 5.93. The van der Waals surface area contributed by atoms with Gasteiger partial charge in [-0.3, -0.25) is 14.6 Å². The average Bonchev–Trinajstić information content (AvgIpc) is 3.29. The number of hydrogen-bond acceptors (Lipinski definition) is 4. The molecule has 1 aromatic heterocycles. The van der Waals surface area contributed by atoms with Crippen LogP contribution in [0.3, 0.4) is 0 Å². The van der Waals surface area contributed by atoms with Crippen LogP contribution in [0.4, 0.5) is 0 Å². The third kappa shape index (κ3) is 4.49. The van der Waals surface area contributed by atoms with Gasteiger partial charge in [0.15, 0.2) is 6.61 Å². The summed E-state index contributed by atoms with van der Waals surface area (Å²) in [5.74, 6) is 0.284. The Morgan fingerprint density at radius 3 is 2.50 bits per heavy atom. The predicted molar refractivity (Wildman–Crippen MR) is 123 cm³/mol. The number of benzene rings is 2. The van der Waals surface area contributed by atoms with E-state index < -0.39 is 5.91 Å². The number of carbonyl (C=O) groups excluding carboxylic acids is 2. The minimum atomic E-state index is -0.459. The Balaban J connectivity index is 1.46. The fourth-order valence-corrected chi connectivity index (χ4v) is 4.24. The SMILES string of the molecule is Cc1cccc(C)c1OCC(=O)N1CCC[C@@H]1c1ccc(-c2cccc(C(N)=O)c2)cn1. The van der Waals surface area contributed by atoms with Gasteiger partial charge in [0.2, 0.25) is 5.91 Å². The Morgan fingerprint density at radius 1 is 1.06 bits per heavy atom. The Hall–Kier alpha value is -3.67. The molecule has 0 bridgehead atoms. The molecule has 0 spiro atoms. The first-order valence-electron chi connectivity index (χ1n) is 10.8. The van der Waals surface area contributed by atoms with E-state index in [1.165, 1.54) is 0 Å². The van der Waals surface area contributed by atoms with Crippen molar-refractivity contribution in [2.45, 2.75) is 32.7 Å². The van der Waals surface area contributed by atoms with E-state index in [2.05, 4.69) is 4.98 Å². The highest BCUT2D eigenvalue weighted by Gasteiger charge is 2.31. The molecule has 1 saturated heterocycles. The topological polar surface area (TPSA) is 85.5 Å². The zero-order chi connectivity index (χ0) is 22.7. The van der Waals surface area contributed by atoms with Crippen LogP contribution >= 0.6 is 0 Å². The first-order chi connectivity index (χ1) is 15.4. The zero-order valence-corrected chi connectivity index (χ0v) is 18.4. The molecule has 1 atom stereocenters. The monoisotopic (exact) mass is 429 g/mol. The van der Waals surface area contributed by atoms with Crippen molar-refractivity contribution >= 4 is 11.8 Å². The van der Waals surface area contributed by atoms with Crippen LogP contribution in [-0.4, -0.2) is 34.8 Å². The zero-order valence-electron chi connectivity index (χ0n) is 18.4. The van der Waals surface area contributed by atoms with Crippen LogP contribution < -0.4 is 10.5 Å². The molecule has 1 fully saturated rings. The van der Waals surface area contributed by atoms with Crippen LogP contribution in [0.25, 0.3) is 11.1 Å². The van der Waals surface area contributed by atoms with E-state index in [4.69, 9.17) is 10.5 Å². The molecular formula is C26H27N3O3. The van der Waals surface area contributed by atoms with Crippen molar-refractivity contribution < 1.29 is 14.3 Å². The van der Waals surface area contributed by atoms with Gasteiger partial charge >= 0.3 is 0 Å². The summed E-state index contributed by atoms with van der Waals surface area (Å²) in [5.41, 5.74) is 10.5. The number of ether oxygens (including phenoxy) is 1. The van der Waals surface area contributed by atoms with Crippen LogP contribution in [0.2, 0.25) is 0 Å². The van der Waals surface area contributed by atoms with Crippen LogP contribution in [-0.2, 0) is 4.79 Å². The van der Waals surface area contributed by atoms with Gasteiger partial charge in [0.25, 0.3) is 5.91 Å². The quantitative estimate of drug-likeness (QED) is 0.636. The second-order valence-electron chi connectivity index (χ2n) is 8.17. The summed E-state index contributed by atoms with van der Waals surface area (Å²) in [5, 5.41) is 0. The molecule has 2 aromatic carbocycles. The second-order valence-corrected chi connectivity index (χ2v) is 8.17. The third-order valence-electron chi connectivity index (χ3n) is 5.93. The molecule has 0 radical (unpaired) electrons.